The molecule has 1 aliphatic heterocycles. The Hall–Kier alpha value is -0.370. The Bertz CT molecular complexity index is 134. The van der Waals surface area contributed by atoms with E-state index in [1.54, 1.807) is 0 Å². The molecule has 11 heavy (non-hydrogen) atoms. The summed E-state index contributed by atoms with van der Waals surface area (Å²) in [7, 11) is 0. The number of carbonyl (C=O) groups excluding carboxylic acids is 1. The molecule has 0 aromatic carbocycles. The van der Waals surface area contributed by atoms with E-state index in [0.29, 0.717) is 5.92 Å². The van der Waals surface area contributed by atoms with Gasteiger partial charge in [-0.3, -0.25) is 0 Å². The molecule has 1 fully saturated rings. The lowest BCUT2D eigenvalue weighted by Crippen LogP contribution is -2.35. The summed E-state index contributed by atoms with van der Waals surface area (Å²) in [5, 5.41) is 0. The molecule has 0 spiro atoms. The molecule has 1 saturated heterocycles. The number of rotatable bonds is 2. The third kappa shape index (κ3) is 1.62. The molecule has 0 bridgehead atoms. The third-order valence-electron chi connectivity index (χ3n) is 2.81. The van der Waals surface area contributed by atoms with E-state index in [2.05, 4.69) is 13.8 Å². The number of ether oxygens (including phenoxy) is 1. The lowest BCUT2D eigenvalue weighted by molar-refractivity contribution is -0.124. The molecule has 0 atom stereocenters. The molecule has 0 saturated carbocycles. The monoisotopic (exact) mass is 156 g/mol. The van der Waals surface area contributed by atoms with Gasteiger partial charge in [-0.2, -0.15) is 0 Å². The van der Waals surface area contributed by atoms with Gasteiger partial charge in [-0.1, -0.05) is 13.8 Å². The van der Waals surface area contributed by atoms with Crippen LogP contribution in [-0.2, 0) is 9.53 Å². The first-order chi connectivity index (χ1) is 5.21. The second kappa shape index (κ2) is 3.35. The summed E-state index contributed by atoms with van der Waals surface area (Å²) in [6, 6.07) is 0. The van der Waals surface area contributed by atoms with E-state index < -0.39 is 0 Å². The maximum atomic E-state index is 10.9. The molecular formula is C9H16O2. The molecule has 2 nitrogen and oxygen atoms in total. The fourth-order valence-electron chi connectivity index (χ4n) is 1.58. The first-order valence-electron chi connectivity index (χ1n) is 4.25. The van der Waals surface area contributed by atoms with Crippen LogP contribution in [0.25, 0.3) is 0 Å². The number of hydrogen-bond acceptors (Lipinski definition) is 2. The minimum Gasteiger partial charge on any atom is -0.381 e. The predicted octanol–water partition coefficient (Wildman–Crippen LogP) is 1.64. The van der Waals surface area contributed by atoms with E-state index in [1.807, 2.05) is 0 Å². The summed E-state index contributed by atoms with van der Waals surface area (Å²) in [5.74, 6) is 0.448. The molecule has 1 rings (SSSR count). The van der Waals surface area contributed by atoms with E-state index in [9.17, 15) is 4.79 Å². The van der Waals surface area contributed by atoms with Crippen molar-refractivity contribution in [2.75, 3.05) is 13.2 Å². The van der Waals surface area contributed by atoms with E-state index in [-0.39, 0.29) is 5.41 Å². The highest BCUT2D eigenvalue weighted by atomic mass is 16.5. The standard InChI is InChI=1S/C9H16O2/c1-8(2)9(7-10)3-5-11-6-4-9/h7-8H,3-6H2,1-2H3. The van der Waals surface area contributed by atoms with Crippen LogP contribution in [0.2, 0.25) is 0 Å². The van der Waals surface area contributed by atoms with Crippen molar-refractivity contribution >= 4 is 6.29 Å². The Kier molecular flexibility index (Phi) is 2.66. The summed E-state index contributed by atoms with van der Waals surface area (Å²) in [6.07, 6.45) is 2.92. The van der Waals surface area contributed by atoms with Gasteiger partial charge >= 0.3 is 0 Å². The lowest BCUT2D eigenvalue weighted by Gasteiger charge is -2.35. The molecule has 0 N–H and O–H groups in total. The van der Waals surface area contributed by atoms with Crippen molar-refractivity contribution in [2.45, 2.75) is 26.7 Å². The highest BCUT2D eigenvalue weighted by molar-refractivity contribution is 5.60. The molecule has 0 aliphatic carbocycles. The highest BCUT2D eigenvalue weighted by Crippen LogP contribution is 2.35. The van der Waals surface area contributed by atoms with Crippen molar-refractivity contribution in [2.24, 2.45) is 11.3 Å². The average molecular weight is 156 g/mol. The Morgan fingerprint density at radius 2 is 1.91 bits per heavy atom. The summed E-state index contributed by atoms with van der Waals surface area (Å²) < 4.78 is 5.22. The quantitative estimate of drug-likeness (QED) is 0.568. The Morgan fingerprint density at radius 1 is 1.36 bits per heavy atom. The normalized spacial score (nSPS) is 23.5. The summed E-state index contributed by atoms with van der Waals surface area (Å²) in [5.41, 5.74) is -0.0851. The number of carbonyl (C=O) groups is 1. The van der Waals surface area contributed by atoms with Crippen LogP contribution in [-0.4, -0.2) is 19.5 Å². The molecule has 0 amide bonds. The fourth-order valence-corrected chi connectivity index (χ4v) is 1.58. The van der Waals surface area contributed by atoms with Crippen LogP contribution < -0.4 is 0 Å². The van der Waals surface area contributed by atoms with Crippen LogP contribution in [0.3, 0.4) is 0 Å². The van der Waals surface area contributed by atoms with Crippen molar-refractivity contribution in [3.05, 3.63) is 0 Å². The van der Waals surface area contributed by atoms with Gasteiger partial charge in [0.15, 0.2) is 0 Å². The van der Waals surface area contributed by atoms with Gasteiger partial charge in [0, 0.05) is 18.6 Å². The van der Waals surface area contributed by atoms with Crippen molar-refractivity contribution in [1.82, 2.24) is 0 Å². The van der Waals surface area contributed by atoms with Crippen LogP contribution in [0.5, 0.6) is 0 Å². The van der Waals surface area contributed by atoms with Crippen LogP contribution in [0.4, 0.5) is 0 Å². The maximum Gasteiger partial charge on any atom is 0.126 e. The Balaban J connectivity index is 2.64. The zero-order chi connectivity index (χ0) is 8.32. The number of aldehydes is 1. The van der Waals surface area contributed by atoms with Crippen LogP contribution in [0, 0.1) is 11.3 Å². The molecule has 0 aromatic rings. The lowest BCUT2D eigenvalue weighted by atomic mass is 9.73. The van der Waals surface area contributed by atoms with Crippen LogP contribution in [0.15, 0.2) is 0 Å². The molecule has 64 valence electrons. The zero-order valence-electron chi connectivity index (χ0n) is 7.30. The fraction of sp³-hybridized carbons (Fsp3) is 0.889. The van der Waals surface area contributed by atoms with Gasteiger partial charge in [0.1, 0.15) is 6.29 Å². The van der Waals surface area contributed by atoms with E-state index in [4.69, 9.17) is 4.74 Å². The van der Waals surface area contributed by atoms with Gasteiger partial charge in [0.25, 0.3) is 0 Å². The SMILES string of the molecule is CC(C)C1(C=O)CCOCC1. The Labute approximate surface area is 67.9 Å². The van der Waals surface area contributed by atoms with Gasteiger partial charge < -0.3 is 9.53 Å². The maximum absolute atomic E-state index is 10.9. The van der Waals surface area contributed by atoms with Crippen molar-refractivity contribution in [1.29, 1.82) is 0 Å². The smallest absolute Gasteiger partial charge is 0.126 e. The van der Waals surface area contributed by atoms with E-state index in [1.165, 1.54) is 0 Å². The first kappa shape index (κ1) is 8.72. The molecule has 2 heteroatoms. The van der Waals surface area contributed by atoms with Crippen molar-refractivity contribution in [3.63, 3.8) is 0 Å². The van der Waals surface area contributed by atoms with Crippen LogP contribution in [0.1, 0.15) is 26.7 Å². The average Bonchev–Trinajstić information content (AvgIpc) is 2.05. The van der Waals surface area contributed by atoms with Gasteiger partial charge in [0.05, 0.1) is 0 Å². The first-order valence-corrected chi connectivity index (χ1v) is 4.25. The molecule has 1 heterocycles. The minimum absolute atomic E-state index is 0.0851. The topological polar surface area (TPSA) is 26.3 Å². The molecule has 0 radical (unpaired) electrons. The van der Waals surface area contributed by atoms with Gasteiger partial charge in [-0.15, -0.1) is 0 Å². The van der Waals surface area contributed by atoms with Gasteiger partial charge in [-0.05, 0) is 18.8 Å². The predicted molar refractivity (Wildman–Crippen MR) is 43.4 cm³/mol. The van der Waals surface area contributed by atoms with Gasteiger partial charge in [0.2, 0.25) is 0 Å². The van der Waals surface area contributed by atoms with E-state index in [0.717, 1.165) is 32.3 Å². The van der Waals surface area contributed by atoms with Crippen molar-refractivity contribution in [3.8, 4) is 0 Å². The second-order valence-electron chi connectivity index (χ2n) is 3.62. The second-order valence-corrected chi connectivity index (χ2v) is 3.62. The molecule has 1 aliphatic rings. The molecular weight excluding hydrogens is 140 g/mol. The molecule has 0 unspecified atom stereocenters. The summed E-state index contributed by atoms with van der Waals surface area (Å²) in [4.78, 5) is 10.9. The number of hydrogen-bond donors (Lipinski definition) is 0. The molecule has 0 aromatic heterocycles. The largest absolute Gasteiger partial charge is 0.381 e. The van der Waals surface area contributed by atoms with E-state index >= 15 is 0 Å². The van der Waals surface area contributed by atoms with Gasteiger partial charge in [-0.25, -0.2) is 0 Å². The Morgan fingerprint density at radius 3 is 2.18 bits per heavy atom. The minimum atomic E-state index is -0.0851. The summed E-state index contributed by atoms with van der Waals surface area (Å²) >= 11 is 0. The third-order valence-corrected chi connectivity index (χ3v) is 2.81. The van der Waals surface area contributed by atoms with Crippen molar-refractivity contribution < 1.29 is 9.53 Å². The highest BCUT2D eigenvalue weighted by Gasteiger charge is 2.35. The summed E-state index contributed by atoms with van der Waals surface area (Å²) in [6.45, 7) is 5.72. The zero-order valence-corrected chi connectivity index (χ0v) is 7.30. The van der Waals surface area contributed by atoms with Crippen LogP contribution >= 0.6 is 0 Å².